The monoisotopic (exact) mass is 363 g/mol. The molecule has 0 saturated heterocycles. The van der Waals surface area contributed by atoms with Crippen molar-refractivity contribution in [2.45, 2.75) is 18.9 Å². The number of nitrogens with zero attached hydrogens (tertiary/aromatic N) is 4. The molecule has 0 fully saturated rings. The molecule has 2 aromatic carbocycles. The normalized spacial score (nSPS) is 16.6. The Balaban J connectivity index is 2.10. The number of allylic oxidation sites excluding steroid dienone is 2. The zero-order valence-corrected chi connectivity index (χ0v) is 14.2. The Bertz CT molecular complexity index is 1010. The van der Waals surface area contributed by atoms with Gasteiger partial charge in [0.05, 0.1) is 17.5 Å². The van der Waals surface area contributed by atoms with Crippen LogP contribution in [-0.4, -0.2) is 16.8 Å². The highest BCUT2D eigenvalue weighted by molar-refractivity contribution is 6.05. The average molecular weight is 363 g/mol. The maximum absolute atomic E-state index is 14.1. The Kier molecular flexibility index (Phi) is 5.25. The molecule has 0 amide bonds. The van der Waals surface area contributed by atoms with Gasteiger partial charge in [0.1, 0.15) is 17.7 Å². The molecule has 1 aliphatic heterocycles. The number of hydrogen-bond donors (Lipinski definition) is 1. The Labute approximate surface area is 155 Å². The van der Waals surface area contributed by atoms with Gasteiger partial charge in [0.25, 0.3) is 0 Å². The summed E-state index contributed by atoms with van der Waals surface area (Å²) in [6.07, 6.45) is 0.126. The fraction of sp³-hybridized carbons (Fsp3) is 0.150. The van der Waals surface area contributed by atoms with E-state index in [2.05, 4.69) is 4.99 Å². The van der Waals surface area contributed by atoms with Gasteiger partial charge in [0.15, 0.2) is 11.8 Å². The van der Waals surface area contributed by atoms with Gasteiger partial charge in [0.2, 0.25) is 0 Å². The van der Waals surface area contributed by atoms with E-state index >= 15 is 0 Å². The highest BCUT2D eigenvalue weighted by Gasteiger charge is 2.31. The van der Waals surface area contributed by atoms with Crippen LogP contribution in [-0.2, 0) is 12.8 Å². The van der Waals surface area contributed by atoms with Crippen LogP contribution in [0.25, 0.3) is 0 Å². The van der Waals surface area contributed by atoms with E-state index in [1.165, 1.54) is 12.1 Å². The number of benzene rings is 2. The predicted molar refractivity (Wildman–Crippen MR) is 95.7 cm³/mol. The van der Waals surface area contributed by atoms with E-state index in [0.29, 0.717) is 22.5 Å². The van der Waals surface area contributed by atoms with Crippen LogP contribution in [0.3, 0.4) is 0 Å². The summed E-state index contributed by atoms with van der Waals surface area (Å²) >= 11 is 0. The number of halogens is 2. The Morgan fingerprint density at radius 2 is 1.52 bits per heavy atom. The van der Waals surface area contributed by atoms with Crippen LogP contribution >= 0.6 is 0 Å². The lowest BCUT2D eigenvalue weighted by atomic mass is 9.99. The highest BCUT2D eigenvalue weighted by atomic mass is 19.1. The molecule has 0 saturated carbocycles. The molecule has 0 spiro atoms. The fourth-order valence-electron chi connectivity index (χ4n) is 2.90. The van der Waals surface area contributed by atoms with Crippen LogP contribution in [0.1, 0.15) is 11.1 Å². The van der Waals surface area contributed by atoms with Gasteiger partial charge in [-0.15, -0.1) is 0 Å². The number of nitrogens with two attached hydrogens (primary N) is 1. The third-order valence-corrected chi connectivity index (χ3v) is 4.31. The van der Waals surface area contributed by atoms with Gasteiger partial charge in [-0.1, -0.05) is 36.4 Å². The van der Waals surface area contributed by atoms with Gasteiger partial charge in [-0.25, -0.2) is 19.6 Å². The third kappa shape index (κ3) is 3.69. The summed E-state index contributed by atoms with van der Waals surface area (Å²) in [7, 11) is 0. The molecule has 0 aromatic heterocycles. The molecule has 0 bridgehead atoms. The van der Waals surface area contributed by atoms with Crippen LogP contribution in [0, 0.1) is 34.3 Å². The summed E-state index contributed by atoms with van der Waals surface area (Å²) < 4.78 is 28.2. The van der Waals surface area contributed by atoms with E-state index in [4.69, 9.17) is 5.84 Å². The summed E-state index contributed by atoms with van der Waals surface area (Å²) in [4.78, 5) is 4.25. The summed E-state index contributed by atoms with van der Waals surface area (Å²) in [6, 6.07) is 15.1. The van der Waals surface area contributed by atoms with Crippen molar-refractivity contribution < 1.29 is 8.78 Å². The van der Waals surface area contributed by atoms with Crippen molar-refractivity contribution in [2.75, 3.05) is 0 Å². The number of nitriles is 2. The van der Waals surface area contributed by atoms with Gasteiger partial charge in [0, 0.05) is 12.8 Å². The summed E-state index contributed by atoms with van der Waals surface area (Å²) in [6.45, 7) is 0. The lowest BCUT2D eigenvalue weighted by Crippen LogP contribution is -2.47. The molecular weight excluding hydrogens is 348 g/mol. The molecule has 27 heavy (non-hydrogen) atoms. The number of hydrogen-bond acceptors (Lipinski definition) is 5. The predicted octanol–water partition coefficient (Wildman–Crippen LogP) is 3.01. The smallest absolute Gasteiger partial charge is 0.183 e. The quantitative estimate of drug-likeness (QED) is 0.846. The average Bonchev–Trinajstić information content (AvgIpc) is 2.67. The van der Waals surface area contributed by atoms with Crippen LogP contribution in [0.15, 0.2) is 64.9 Å². The first-order valence-corrected chi connectivity index (χ1v) is 8.16. The zero-order valence-electron chi connectivity index (χ0n) is 14.2. The molecule has 2 N–H and O–H groups in total. The molecule has 1 unspecified atom stereocenters. The minimum absolute atomic E-state index is 0.0628. The molecule has 0 aliphatic carbocycles. The highest BCUT2D eigenvalue weighted by Crippen LogP contribution is 2.27. The minimum atomic E-state index is -1.08. The first kappa shape index (κ1) is 18.2. The van der Waals surface area contributed by atoms with Crippen molar-refractivity contribution in [2.24, 2.45) is 10.8 Å². The third-order valence-electron chi connectivity index (χ3n) is 4.31. The van der Waals surface area contributed by atoms with Crippen molar-refractivity contribution >= 4 is 5.71 Å². The molecule has 5 nitrogen and oxygen atoms in total. The molecule has 1 aliphatic rings. The van der Waals surface area contributed by atoms with Crippen molar-refractivity contribution in [3.05, 3.63) is 82.7 Å². The van der Waals surface area contributed by atoms with Crippen LogP contribution in [0.2, 0.25) is 0 Å². The standard InChI is InChI=1S/C20H15F2N5/c21-15-7-3-1-5-13(15)9-17-19(10-14-6-2-4-8-16(14)22)27(25)20(12-24)18(11-23)26-17/h1-8,20H,9-10,25H2. The molecule has 1 heterocycles. The van der Waals surface area contributed by atoms with E-state index in [-0.39, 0.29) is 18.6 Å². The van der Waals surface area contributed by atoms with Gasteiger partial charge in [-0.05, 0) is 23.3 Å². The zero-order chi connectivity index (χ0) is 19.4. The molecule has 7 heteroatoms. The summed E-state index contributed by atoms with van der Waals surface area (Å²) in [5, 5.41) is 19.8. The van der Waals surface area contributed by atoms with Crippen LogP contribution in [0.4, 0.5) is 8.78 Å². The molecule has 2 aromatic rings. The lowest BCUT2D eigenvalue weighted by Gasteiger charge is -2.31. The topological polar surface area (TPSA) is 89.2 Å². The van der Waals surface area contributed by atoms with Crippen molar-refractivity contribution in [1.29, 1.82) is 10.5 Å². The van der Waals surface area contributed by atoms with E-state index in [0.717, 1.165) is 5.01 Å². The largest absolute Gasteiger partial charge is 0.289 e. The Morgan fingerprint density at radius 3 is 2.04 bits per heavy atom. The maximum atomic E-state index is 14.1. The first-order valence-electron chi connectivity index (χ1n) is 8.16. The Hall–Kier alpha value is -3.55. The molecule has 134 valence electrons. The van der Waals surface area contributed by atoms with Crippen molar-refractivity contribution in [1.82, 2.24) is 5.01 Å². The second-order valence-electron chi connectivity index (χ2n) is 5.98. The molecule has 1 atom stereocenters. The summed E-state index contributed by atoms with van der Waals surface area (Å²) in [5.41, 5.74) is 1.34. The van der Waals surface area contributed by atoms with Crippen molar-refractivity contribution in [3.63, 3.8) is 0 Å². The lowest BCUT2D eigenvalue weighted by molar-refractivity contribution is 0.341. The number of aliphatic imine (C=N–C) groups is 1. The second-order valence-corrected chi connectivity index (χ2v) is 5.98. The SMILES string of the molecule is N#CC1=NC(Cc2ccccc2F)=C(Cc2ccccc2F)N(N)C1C#N. The van der Waals surface area contributed by atoms with Gasteiger partial charge in [-0.2, -0.15) is 10.5 Å². The fourth-order valence-corrected chi connectivity index (χ4v) is 2.90. The first-order chi connectivity index (χ1) is 13.0. The van der Waals surface area contributed by atoms with Gasteiger partial charge >= 0.3 is 0 Å². The molecule has 0 radical (unpaired) electrons. The summed E-state index contributed by atoms with van der Waals surface area (Å²) in [5.74, 6) is 5.24. The second kappa shape index (κ2) is 7.77. The molecular formula is C20H15F2N5. The van der Waals surface area contributed by atoms with E-state index < -0.39 is 17.7 Å². The number of hydrazine groups is 1. The maximum Gasteiger partial charge on any atom is 0.183 e. The van der Waals surface area contributed by atoms with E-state index in [1.54, 1.807) is 36.4 Å². The van der Waals surface area contributed by atoms with Crippen LogP contribution < -0.4 is 5.84 Å². The van der Waals surface area contributed by atoms with Crippen LogP contribution in [0.5, 0.6) is 0 Å². The van der Waals surface area contributed by atoms with Gasteiger partial charge < -0.3 is 0 Å². The van der Waals surface area contributed by atoms with E-state index in [1.807, 2.05) is 12.1 Å². The Morgan fingerprint density at radius 1 is 0.963 bits per heavy atom. The van der Waals surface area contributed by atoms with Crippen molar-refractivity contribution in [3.8, 4) is 12.1 Å². The van der Waals surface area contributed by atoms with Gasteiger partial charge in [-0.3, -0.25) is 5.01 Å². The number of rotatable bonds is 4. The van der Waals surface area contributed by atoms with E-state index in [9.17, 15) is 19.3 Å². The molecule has 3 rings (SSSR count). The minimum Gasteiger partial charge on any atom is -0.289 e.